The van der Waals surface area contributed by atoms with Crippen LogP contribution in [0.15, 0.2) is 81.4 Å². The van der Waals surface area contributed by atoms with Crippen LogP contribution < -0.4 is 20.1 Å². The topological polar surface area (TPSA) is 208 Å². The summed E-state index contributed by atoms with van der Waals surface area (Å²) in [7, 11) is -4.01. The van der Waals surface area contributed by atoms with E-state index in [1.165, 1.54) is 47.0 Å². The zero-order valence-corrected chi connectivity index (χ0v) is 44.6. The Morgan fingerprint density at radius 3 is 1.74 bits per heavy atom. The summed E-state index contributed by atoms with van der Waals surface area (Å²) in [5.74, 6) is -0.560. The maximum Gasteiger partial charge on any atom is 0.422 e. The van der Waals surface area contributed by atoms with E-state index in [4.69, 9.17) is 13.7 Å². The van der Waals surface area contributed by atoms with Gasteiger partial charge in [0, 0.05) is 45.4 Å². The van der Waals surface area contributed by atoms with Gasteiger partial charge in [0.25, 0.3) is 10.1 Å². The molecule has 4 amide bonds. The standard InChI is InChI=1S/C23H26F3N3O3S.C20H23N3O5S.C9H9F3OS/c1-14-9-15(32-13-23(24,25)26)3-4-18(14)33-16-10-17(19(30)28-22(12-27)7-8-22)29(11-16)20(31)21(2)5-6-21;1-19(7-8-19)18(25)23-12-14(28-29(26,27)15-5-3-2-4-6-15)11-16(23)17(24)22-20(13-21)9-10-20;1-2-13-6-3-4-8(14)7(5-6)9(10,11)12/h3-4,9,16-17H,5-8,10-11,13H2,1-2H3,(H,28,30);2-6,14,16H,7-12H2,1H3,(H,22,24);3-5,14H,2H2,1H3/t16-,17+;14-,16-;/m10./s1. The highest BCUT2D eigenvalue weighted by molar-refractivity contribution is 8.00. The van der Waals surface area contributed by atoms with Crippen molar-refractivity contribution in [3.8, 4) is 23.6 Å². The lowest BCUT2D eigenvalue weighted by Crippen LogP contribution is -2.50. The fourth-order valence-electron chi connectivity index (χ4n) is 8.62. The summed E-state index contributed by atoms with van der Waals surface area (Å²) < 4.78 is 115. The van der Waals surface area contributed by atoms with E-state index in [-0.39, 0.29) is 57.2 Å². The molecule has 2 aliphatic heterocycles. The molecule has 3 aromatic rings. The molecule has 0 aromatic heterocycles. The number of carbonyl (C=O) groups excluding carboxylic acids is 4. The maximum absolute atomic E-state index is 13.1. The SMILES string of the molecule is CC1(C(=O)N2C[C@@H](OS(=O)(=O)c3ccccc3)C[C@H]2C(=O)NC2(C#N)CC2)CC1.CCOc1ccc(S)c(C(F)(F)F)c1.Cc1cc(OCC(F)(F)F)ccc1S[C@@H]1C[C@@H](C(=O)NC2(C#N)CC2)N(C(=O)C2(C)CC2)C1. The highest BCUT2D eigenvalue weighted by atomic mass is 32.2. The Hall–Kier alpha value is -5.69. The van der Waals surface area contributed by atoms with Crippen molar-refractivity contribution >= 4 is 58.1 Å². The predicted molar refractivity (Wildman–Crippen MR) is 267 cm³/mol. The number of hydrogen-bond acceptors (Lipinski definition) is 13. The van der Waals surface area contributed by atoms with Crippen LogP contribution in [0.25, 0.3) is 0 Å². The molecule has 15 nitrogen and oxygen atoms in total. The van der Waals surface area contributed by atoms with Gasteiger partial charge in [0.1, 0.15) is 34.7 Å². The number of nitrogens with zero attached hydrogens (tertiary/aromatic N) is 4. The Morgan fingerprint density at radius 1 is 0.750 bits per heavy atom. The summed E-state index contributed by atoms with van der Waals surface area (Å²) in [4.78, 5) is 55.8. The molecule has 76 heavy (non-hydrogen) atoms. The van der Waals surface area contributed by atoms with Gasteiger partial charge in [0.05, 0.1) is 35.3 Å². The molecular formula is C52H58F6N6O9S3. The minimum Gasteiger partial charge on any atom is -0.494 e. The number of aryl methyl sites for hydroxylation is 1. The van der Waals surface area contributed by atoms with Crippen LogP contribution >= 0.6 is 24.4 Å². The number of nitrogens with one attached hydrogen (secondary N) is 2. The van der Waals surface area contributed by atoms with Crippen molar-refractivity contribution in [2.24, 2.45) is 10.8 Å². The number of hydrogen-bond donors (Lipinski definition) is 3. The number of rotatable bonds is 15. The normalized spacial score (nSPS) is 22.9. The highest BCUT2D eigenvalue weighted by Gasteiger charge is 2.55. The van der Waals surface area contributed by atoms with E-state index in [2.05, 4.69) is 35.4 Å². The smallest absolute Gasteiger partial charge is 0.422 e. The number of halogens is 6. The van der Waals surface area contributed by atoms with Gasteiger partial charge in [-0.25, -0.2) is 0 Å². The zero-order valence-electron chi connectivity index (χ0n) is 42.1. The molecule has 2 saturated heterocycles. The number of nitriles is 2. The molecule has 0 spiro atoms. The Kier molecular flexibility index (Phi) is 17.1. The quantitative estimate of drug-likeness (QED) is 0.0742. The number of benzene rings is 3. The second kappa shape index (κ2) is 22.3. The fraction of sp³-hybridized carbons (Fsp3) is 0.538. The van der Waals surface area contributed by atoms with E-state index < -0.39 is 80.6 Å². The van der Waals surface area contributed by atoms with Crippen LogP contribution in [-0.4, -0.2) is 109 Å². The number of amides is 4. The first kappa shape index (κ1) is 58.0. The Balaban J connectivity index is 0.000000179. The molecule has 4 saturated carbocycles. The van der Waals surface area contributed by atoms with Crippen LogP contribution in [0, 0.1) is 40.4 Å². The van der Waals surface area contributed by atoms with E-state index in [9.17, 15) is 64.5 Å². The van der Waals surface area contributed by atoms with Crippen molar-refractivity contribution in [1.29, 1.82) is 10.5 Å². The molecular weight excluding hydrogens is 1060 g/mol. The Morgan fingerprint density at radius 2 is 1.26 bits per heavy atom. The molecule has 0 bridgehead atoms. The summed E-state index contributed by atoms with van der Waals surface area (Å²) in [5.41, 5.74) is -2.59. The molecule has 0 unspecified atom stereocenters. The van der Waals surface area contributed by atoms with Crippen molar-refractivity contribution in [1.82, 2.24) is 20.4 Å². The monoisotopic (exact) mass is 1120 g/mol. The van der Waals surface area contributed by atoms with Crippen molar-refractivity contribution in [2.75, 3.05) is 26.3 Å². The van der Waals surface area contributed by atoms with Crippen LogP contribution in [0.4, 0.5) is 26.3 Å². The molecule has 410 valence electrons. The molecule has 2 N–H and O–H groups in total. The minimum absolute atomic E-state index is 0.0259. The zero-order chi connectivity index (χ0) is 55.6. The highest BCUT2D eigenvalue weighted by Crippen LogP contribution is 2.50. The lowest BCUT2D eigenvalue weighted by atomic mass is 10.1. The van der Waals surface area contributed by atoms with E-state index in [0.29, 0.717) is 45.3 Å². The van der Waals surface area contributed by atoms with Gasteiger partial charge in [-0.2, -0.15) is 45.3 Å². The maximum atomic E-state index is 13.1. The first-order valence-corrected chi connectivity index (χ1v) is 27.4. The second-order valence-electron chi connectivity index (χ2n) is 20.6. The fourth-order valence-corrected chi connectivity index (χ4v) is 11.2. The summed E-state index contributed by atoms with van der Waals surface area (Å²) in [5, 5.41) is 24.1. The summed E-state index contributed by atoms with van der Waals surface area (Å²) >= 11 is 5.24. The van der Waals surface area contributed by atoms with E-state index in [1.807, 2.05) is 13.8 Å². The van der Waals surface area contributed by atoms with Crippen molar-refractivity contribution in [2.45, 2.75) is 153 Å². The minimum atomic E-state index is -4.40. The lowest BCUT2D eigenvalue weighted by molar-refractivity contribution is -0.153. The second-order valence-corrected chi connectivity index (χ2v) is 24.0. The average Bonchev–Trinajstić information content (AvgIpc) is 4.30. The van der Waals surface area contributed by atoms with Gasteiger partial charge < -0.3 is 29.9 Å². The largest absolute Gasteiger partial charge is 0.494 e. The number of ether oxygens (including phenoxy) is 2. The molecule has 24 heteroatoms. The molecule has 4 aliphatic carbocycles. The van der Waals surface area contributed by atoms with Gasteiger partial charge in [0.2, 0.25) is 23.6 Å². The van der Waals surface area contributed by atoms with E-state index in [1.54, 1.807) is 49.1 Å². The third-order valence-corrected chi connectivity index (χ3v) is 17.2. The number of likely N-dealkylation sites (tertiary alicyclic amines) is 2. The van der Waals surface area contributed by atoms with Gasteiger partial charge >= 0.3 is 12.4 Å². The predicted octanol–water partition coefficient (Wildman–Crippen LogP) is 8.70. The number of carbonyl (C=O) groups is 4. The van der Waals surface area contributed by atoms with Crippen LogP contribution in [0.2, 0.25) is 0 Å². The first-order valence-electron chi connectivity index (χ1n) is 24.6. The molecule has 9 rings (SSSR count). The molecule has 4 atom stereocenters. The van der Waals surface area contributed by atoms with Crippen molar-refractivity contribution < 1.29 is 67.6 Å². The molecule has 3 aromatic carbocycles. The third-order valence-electron chi connectivity index (χ3n) is 14.1. The first-order chi connectivity index (χ1) is 35.6. The number of alkyl halides is 6. The summed E-state index contributed by atoms with van der Waals surface area (Å²) in [6, 6.07) is 19.0. The summed E-state index contributed by atoms with van der Waals surface area (Å²) in [6.07, 6.45) is -3.60. The van der Waals surface area contributed by atoms with Crippen LogP contribution in [0.5, 0.6) is 11.5 Å². The van der Waals surface area contributed by atoms with E-state index >= 15 is 0 Å². The average molecular weight is 1120 g/mol. The third kappa shape index (κ3) is 14.5. The van der Waals surface area contributed by atoms with Crippen LogP contribution in [0.3, 0.4) is 0 Å². The lowest BCUT2D eigenvalue weighted by Gasteiger charge is -2.27. The number of thioether (sulfide) groups is 1. The summed E-state index contributed by atoms with van der Waals surface area (Å²) in [6.45, 7) is 6.67. The van der Waals surface area contributed by atoms with E-state index in [0.717, 1.165) is 42.2 Å². The Labute approximate surface area is 446 Å². The van der Waals surface area contributed by atoms with Crippen molar-refractivity contribution in [3.05, 3.63) is 77.9 Å². The molecule has 0 radical (unpaired) electrons. The van der Waals surface area contributed by atoms with Gasteiger partial charge in [-0.15, -0.1) is 24.4 Å². The molecule has 2 heterocycles. The van der Waals surface area contributed by atoms with Gasteiger partial charge in [-0.05, 0) is 126 Å². The Bertz CT molecular complexity index is 2880. The molecule has 6 aliphatic rings. The van der Waals surface area contributed by atoms with Crippen LogP contribution in [0.1, 0.15) is 96.1 Å². The van der Waals surface area contributed by atoms with Gasteiger partial charge in [0.15, 0.2) is 6.61 Å². The van der Waals surface area contributed by atoms with Gasteiger partial charge in [-0.3, -0.25) is 23.4 Å². The van der Waals surface area contributed by atoms with Crippen molar-refractivity contribution in [3.63, 3.8) is 0 Å². The molecule has 6 fully saturated rings. The van der Waals surface area contributed by atoms with Crippen LogP contribution in [-0.2, 0) is 39.7 Å². The number of thiol groups is 1. The van der Waals surface area contributed by atoms with Gasteiger partial charge in [-0.1, -0.05) is 32.0 Å².